The molecule has 0 aromatic heterocycles. The van der Waals surface area contributed by atoms with Crippen molar-refractivity contribution in [2.75, 3.05) is 26.2 Å². The third-order valence-electron chi connectivity index (χ3n) is 4.71. The molecular formula is C14H28N2O2S. The van der Waals surface area contributed by atoms with E-state index in [4.69, 9.17) is 0 Å². The van der Waals surface area contributed by atoms with E-state index in [-0.39, 0.29) is 5.25 Å². The van der Waals surface area contributed by atoms with Crippen molar-refractivity contribution >= 4 is 10.0 Å². The lowest BCUT2D eigenvalue weighted by Crippen LogP contribution is -2.49. The van der Waals surface area contributed by atoms with Gasteiger partial charge >= 0.3 is 0 Å². The minimum absolute atomic E-state index is 0.292. The van der Waals surface area contributed by atoms with Gasteiger partial charge in [-0.25, -0.2) is 12.7 Å². The molecular weight excluding hydrogens is 260 g/mol. The van der Waals surface area contributed by atoms with E-state index in [0.717, 1.165) is 18.8 Å². The third kappa shape index (κ3) is 3.50. The number of piperidine rings is 2. The first-order valence-electron chi connectivity index (χ1n) is 7.64. The molecule has 2 fully saturated rings. The van der Waals surface area contributed by atoms with Gasteiger partial charge in [-0.05, 0) is 58.5 Å². The van der Waals surface area contributed by atoms with Crippen molar-refractivity contribution in [2.24, 2.45) is 5.92 Å². The van der Waals surface area contributed by atoms with E-state index in [1.807, 2.05) is 0 Å². The van der Waals surface area contributed by atoms with Crippen LogP contribution in [0.5, 0.6) is 0 Å². The molecule has 0 aliphatic carbocycles. The minimum atomic E-state index is -3.05. The second-order valence-corrected chi connectivity index (χ2v) is 8.93. The Hall–Kier alpha value is -0.130. The summed E-state index contributed by atoms with van der Waals surface area (Å²) in [6, 6.07) is 0.603. The quantitative estimate of drug-likeness (QED) is 0.796. The summed E-state index contributed by atoms with van der Waals surface area (Å²) in [5.74, 6) is 0.859. The summed E-state index contributed by atoms with van der Waals surface area (Å²) in [7, 11) is -3.05. The van der Waals surface area contributed by atoms with Crippen molar-refractivity contribution in [3.05, 3.63) is 0 Å². The highest BCUT2D eigenvalue weighted by Crippen LogP contribution is 2.25. The standard InChI is InChI=1S/C14H28N2O2S/c1-12(2)19(17,18)16-10-6-14(7-11-16)15-8-4-13(3)5-9-15/h12-14H,4-11H2,1-3H3. The molecule has 0 radical (unpaired) electrons. The van der Waals surface area contributed by atoms with Crippen LogP contribution in [-0.4, -0.2) is 55.1 Å². The fourth-order valence-corrected chi connectivity index (χ4v) is 4.47. The Morgan fingerprint density at radius 3 is 1.95 bits per heavy atom. The van der Waals surface area contributed by atoms with Gasteiger partial charge in [-0.1, -0.05) is 6.92 Å². The highest BCUT2D eigenvalue weighted by Gasteiger charge is 2.32. The molecule has 2 aliphatic rings. The van der Waals surface area contributed by atoms with Gasteiger partial charge in [-0.2, -0.15) is 0 Å². The number of nitrogens with zero attached hydrogens (tertiary/aromatic N) is 2. The predicted octanol–water partition coefficient (Wildman–Crippen LogP) is 1.92. The molecule has 2 saturated heterocycles. The SMILES string of the molecule is CC1CCN(C2CCN(S(=O)(=O)C(C)C)CC2)CC1. The molecule has 2 heterocycles. The van der Waals surface area contributed by atoms with Crippen LogP contribution < -0.4 is 0 Å². The Labute approximate surface area is 118 Å². The maximum atomic E-state index is 12.1. The Morgan fingerprint density at radius 2 is 1.47 bits per heavy atom. The largest absolute Gasteiger partial charge is 0.300 e. The number of rotatable bonds is 3. The summed E-state index contributed by atoms with van der Waals surface area (Å²) in [6.45, 7) is 9.68. The number of likely N-dealkylation sites (tertiary alicyclic amines) is 1. The van der Waals surface area contributed by atoms with Crippen molar-refractivity contribution in [1.82, 2.24) is 9.21 Å². The van der Waals surface area contributed by atoms with Crippen LogP contribution in [0, 0.1) is 5.92 Å². The van der Waals surface area contributed by atoms with E-state index < -0.39 is 10.0 Å². The summed E-state index contributed by atoms with van der Waals surface area (Å²) in [4.78, 5) is 2.58. The average Bonchev–Trinajstić information content (AvgIpc) is 2.39. The van der Waals surface area contributed by atoms with Crippen LogP contribution >= 0.6 is 0 Å². The lowest BCUT2D eigenvalue weighted by molar-refractivity contribution is 0.101. The van der Waals surface area contributed by atoms with Crippen molar-refractivity contribution in [3.63, 3.8) is 0 Å². The second-order valence-electron chi connectivity index (χ2n) is 6.44. The summed E-state index contributed by atoms with van der Waals surface area (Å²) in [5.41, 5.74) is 0. The predicted molar refractivity (Wildman–Crippen MR) is 78.6 cm³/mol. The normalized spacial score (nSPS) is 26.1. The summed E-state index contributed by atoms with van der Waals surface area (Å²) in [5, 5.41) is -0.292. The summed E-state index contributed by atoms with van der Waals surface area (Å²) >= 11 is 0. The van der Waals surface area contributed by atoms with E-state index >= 15 is 0 Å². The van der Waals surface area contributed by atoms with Crippen LogP contribution in [0.2, 0.25) is 0 Å². The molecule has 112 valence electrons. The Kier molecular flexibility index (Phi) is 4.90. The molecule has 5 heteroatoms. The van der Waals surface area contributed by atoms with Crippen LogP contribution in [0.1, 0.15) is 46.5 Å². The van der Waals surface area contributed by atoms with E-state index in [9.17, 15) is 8.42 Å². The Morgan fingerprint density at radius 1 is 0.947 bits per heavy atom. The molecule has 0 atom stereocenters. The maximum absolute atomic E-state index is 12.1. The molecule has 0 N–H and O–H groups in total. The van der Waals surface area contributed by atoms with Crippen LogP contribution in [0.4, 0.5) is 0 Å². The van der Waals surface area contributed by atoms with Crippen LogP contribution in [0.25, 0.3) is 0 Å². The minimum Gasteiger partial charge on any atom is -0.300 e. The van der Waals surface area contributed by atoms with Crippen molar-refractivity contribution < 1.29 is 8.42 Å². The number of sulfonamides is 1. The summed E-state index contributed by atoms with van der Waals surface area (Å²) < 4.78 is 25.9. The van der Waals surface area contributed by atoms with Gasteiger partial charge in [0.15, 0.2) is 0 Å². The fraction of sp³-hybridized carbons (Fsp3) is 1.00. The molecule has 19 heavy (non-hydrogen) atoms. The molecule has 0 bridgehead atoms. The molecule has 0 spiro atoms. The molecule has 0 aromatic carbocycles. The van der Waals surface area contributed by atoms with E-state index in [0.29, 0.717) is 19.1 Å². The zero-order valence-corrected chi connectivity index (χ0v) is 13.3. The first-order valence-corrected chi connectivity index (χ1v) is 9.14. The highest BCUT2D eigenvalue weighted by molar-refractivity contribution is 7.89. The van der Waals surface area contributed by atoms with E-state index in [1.165, 1.54) is 25.9 Å². The fourth-order valence-electron chi connectivity index (χ4n) is 3.15. The monoisotopic (exact) mass is 288 g/mol. The van der Waals surface area contributed by atoms with Crippen LogP contribution in [0.3, 0.4) is 0 Å². The van der Waals surface area contributed by atoms with Gasteiger partial charge in [-0.3, -0.25) is 0 Å². The number of hydrogen-bond donors (Lipinski definition) is 0. The lowest BCUT2D eigenvalue weighted by atomic mass is 9.95. The Balaban J connectivity index is 1.86. The van der Waals surface area contributed by atoms with Gasteiger partial charge in [-0.15, -0.1) is 0 Å². The van der Waals surface area contributed by atoms with Crippen molar-refractivity contribution in [2.45, 2.75) is 57.7 Å². The highest BCUT2D eigenvalue weighted by atomic mass is 32.2. The molecule has 0 amide bonds. The molecule has 0 aromatic rings. The zero-order chi connectivity index (χ0) is 14.0. The molecule has 2 rings (SSSR count). The van der Waals surface area contributed by atoms with Crippen LogP contribution in [-0.2, 0) is 10.0 Å². The van der Waals surface area contributed by atoms with Gasteiger partial charge in [0.25, 0.3) is 0 Å². The van der Waals surface area contributed by atoms with Gasteiger partial charge in [0, 0.05) is 19.1 Å². The maximum Gasteiger partial charge on any atom is 0.216 e. The van der Waals surface area contributed by atoms with E-state index in [1.54, 1.807) is 18.2 Å². The number of hydrogen-bond acceptors (Lipinski definition) is 3. The first-order chi connectivity index (χ1) is 8.91. The average molecular weight is 288 g/mol. The smallest absolute Gasteiger partial charge is 0.216 e. The van der Waals surface area contributed by atoms with Crippen LogP contribution in [0.15, 0.2) is 0 Å². The second kappa shape index (κ2) is 6.10. The molecule has 0 unspecified atom stereocenters. The molecule has 0 saturated carbocycles. The van der Waals surface area contributed by atoms with Gasteiger partial charge in [0.05, 0.1) is 5.25 Å². The summed E-state index contributed by atoms with van der Waals surface area (Å²) in [6.07, 6.45) is 4.59. The molecule has 4 nitrogen and oxygen atoms in total. The van der Waals surface area contributed by atoms with Gasteiger partial charge in [0.1, 0.15) is 0 Å². The van der Waals surface area contributed by atoms with E-state index in [2.05, 4.69) is 11.8 Å². The lowest BCUT2D eigenvalue weighted by Gasteiger charge is -2.41. The first kappa shape index (κ1) is 15.3. The van der Waals surface area contributed by atoms with Crippen molar-refractivity contribution in [1.29, 1.82) is 0 Å². The van der Waals surface area contributed by atoms with Crippen molar-refractivity contribution in [3.8, 4) is 0 Å². The Bertz CT molecular complexity index is 378. The topological polar surface area (TPSA) is 40.6 Å². The molecule has 2 aliphatic heterocycles. The third-order valence-corrected chi connectivity index (χ3v) is 6.99. The van der Waals surface area contributed by atoms with Gasteiger partial charge < -0.3 is 4.90 Å². The zero-order valence-electron chi connectivity index (χ0n) is 12.5. The van der Waals surface area contributed by atoms with Gasteiger partial charge in [0.2, 0.25) is 10.0 Å².